The number of amides is 1. The molecule has 0 spiro atoms. The van der Waals surface area contributed by atoms with Gasteiger partial charge in [0.1, 0.15) is 11.6 Å². The van der Waals surface area contributed by atoms with Crippen LogP contribution >= 0.6 is 0 Å². The predicted octanol–water partition coefficient (Wildman–Crippen LogP) is 5.25. The molecule has 4 aromatic rings. The molecule has 3 aromatic carbocycles. The van der Waals surface area contributed by atoms with Crippen LogP contribution in [0.5, 0.6) is 0 Å². The summed E-state index contributed by atoms with van der Waals surface area (Å²) >= 11 is 0. The van der Waals surface area contributed by atoms with Crippen molar-refractivity contribution >= 4 is 28.6 Å². The van der Waals surface area contributed by atoms with Gasteiger partial charge >= 0.3 is 0 Å². The average Bonchev–Trinajstić information content (AvgIpc) is 3.18. The van der Waals surface area contributed by atoms with Crippen molar-refractivity contribution in [2.75, 3.05) is 31.1 Å². The third-order valence-corrected chi connectivity index (χ3v) is 6.79. The van der Waals surface area contributed by atoms with Crippen molar-refractivity contribution in [3.8, 4) is 6.07 Å². The van der Waals surface area contributed by atoms with Gasteiger partial charge in [0, 0.05) is 60.6 Å². The molecule has 1 aliphatic rings. The van der Waals surface area contributed by atoms with Crippen LogP contribution in [-0.2, 0) is 11.3 Å². The van der Waals surface area contributed by atoms with Gasteiger partial charge in [-0.05, 0) is 36.8 Å². The van der Waals surface area contributed by atoms with Gasteiger partial charge in [-0.3, -0.25) is 4.79 Å². The van der Waals surface area contributed by atoms with Crippen LogP contribution in [0.25, 0.3) is 17.0 Å². The Kier molecular flexibility index (Phi) is 6.36. The molecule has 0 atom stereocenters. The molecular weight excluding hydrogens is 432 g/mol. The molecule has 5 heteroatoms. The normalized spacial score (nSPS) is 14.2. The van der Waals surface area contributed by atoms with Crippen molar-refractivity contribution in [3.05, 3.63) is 107 Å². The zero-order valence-electron chi connectivity index (χ0n) is 19.9. The fourth-order valence-electron chi connectivity index (χ4n) is 4.87. The van der Waals surface area contributed by atoms with Crippen molar-refractivity contribution < 1.29 is 4.79 Å². The number of benzene rings is 3. The number of hydrogen-bond donors (Lipinski definition) is 0. The second-order valence-electron chi connectivity index (χ2n) is 8.87. The maximum Gasteiger partial charge on any atom is 0.264 e. The number of rotatable bonds is 5. The Morgan fingerprint density at radius 2 is 1.51 bits per heavy atom. The Morgan fingerprint density at radius 3 is 2.20 bits per heavy atom. The first-order chi connectivity index (χ1) is 17.2. The molecule has 5 nitrogen and oxygen atoms in total. The monoisotopic (exact) mass is 460 g/mol. The third-order valence-electron chi connectivity index (χ3n) is 6.79. The van der Waals surface area contributed by atoms with Gasteiger partial charge in [0.25, 0.3) is 5.91 Å². The van der Waals surface area contributed by atoms with Crippen LogP contribution in [0.15, 0.2) is 90.5 Å². The number of nitrogens with zero attached hydrogens (tertiary/aromatic N) is 4. The van der Waals surface area contributed by atoms with Crippen LogP contribution in [0, 0.1) is 18.3 Å². The van der Waals surface area contributed by atoms with Gasteiger partial charge in [-0.2, -0.15) is 5.26 Å². The zero-order valence-corrected chi connectivity index (χ0v) is 19.9. The summed E-state index contributed by atoms with van der Waals surface area (Å²) in [7, 11) is 0. The van der Waals surface area contributed by atoms with Crippen LogP contribution in [0.1, 0.15) is 16.8 Å². The molecule has 1 amide bonds. The molecule has 1 aliphatic heterocycles. The smallest absolute Gasteiger partial charge is 0.264 e. The Bertz CT molecular complexity index is 1410. The summed E-state index contributed by atoms with van der Waals surface area (Å²) in [6.45, 7) is 5.50. The van der Waals surface area contributed by atoms with Gasteiger partial charge in [0.2, 0.25) is 0 Å². The Morgan fingerprint density at radius 1 is 0.886 bits per heavy atom. The minimum absolute atomic E-state index is 0.184. The summed E-state index contributed by atoms with van der Waals surface area (Å²) in [6.07, 6.45) is 1.78. The highest BCUT2D eigenvalue weighted by Crippen LogP contribution is 2.29. The van der Waals surface area contributed by atoms with Gasteiger partial charge < -0.3 is 14.4 Å². The highest BCUT2D eigenvalue weighted by molar-refractivity contribution is 6.04. The SMILES string of the molecule is Cc1c(/C=C(/C#N)C(=O)N2CCN(c3ccccc3)CC2)c2ccccc2n1Cc1ccccc1. The number of piperazine rings is 1. The van der Waals surface area contributed by atoms with Gasteiger partial charge in [-0.1, -0.05) is 66.7 Å². The van der Waals surface area contributed by atoms with Crippen LogP contribution in [0.2, 0.25) is 0 Å². The number of carbonyl (C=O) groups is 1. The number of nitriles is 1. The summed E-state index contributed by atoms with van der Waals surface area (Å²) < 4.78 is 2.26. The molecule has 1 fully saturated rings. The van der Waals surface area contributed by atoms with E-state index in [-0.39, 0.29) is 11.5 Å². The number of carbonyl (C=O) groups excluding carboxylic acids is 1. The van der Waals surface area contributed by atoms with Crippen molar-refractivity contribution in [1.29, 1.82) is 5.26 Å². The molecule has 0 bridgehead atoms. The summed E-state index contributed by atoms with van der Waals surface area (Å²) in [5, 5.41) is 11.0. The average molecular weight is 461 g/mol. The highest BCUT2D eigenvalue weighted by Gasteiger charge is 2.24. The quantitative estimate of drug-likeness (QED) is 0.302. The van der Waals surface area contributed by atoms with Gasteiger partial charge in [-0.15, -0.1) is 0 Å². The fraction of sp³-hybridized carbons (Fsp3) is 0.200. The maximum absolute atomic E-state index is 13.3. The first kappa shape index (κ1) is 22.5. The topological polar surface area (TPSA) is 52.3 Å². The molecule has 0 unspecified atom stereocenters. The van der Waals surface area contributed by atoms with Crippen molar-refractivity contribution in [2.45, 2.75) is 13.5 Å². The Labute approximate surface area is 206 Å². The van der Waals surface area contributed by atoms with E-state index in [1.165, 1.54) is 5.56 Å². The van der Waals surface area contributed by atoms with E-state index in [0.717, 1.165) is 47.5 Å². The molecular formula is C30H28N4O. The second-order valence-corrected chi connectivity index (χ2v) is 8.87. The first-order valence-corrected chi connectivity index (χ1v) is 12.0. The van der Waals surface area contributed by atoms with E-state index in [1.807, 2.05) is 48.5 Å². The number of fused-ring (bicyclic) bond motifs is 1. The predicted molar refractivity (Wildman–Crippen MR) is 141 cm³/mol. The summed E-state index contributed by atoms with van der Waals surface area (Å²) in [5.74, 6) is -0.195. The van der Waals surface area contributed by atoms with Crippen molar-refractivity contribution in [2.24, 2.45) is 0 Å². The molecule has 0 saturated carbocycles. The maximum atomic E-state index is 13.3. The van der Waals surface area contributed by atoms with Gasteiger partial charge in [0.15, 0.2) is 0 Å². The molecule has 1 aromatic heterocycles. The second kappa shape index (κ2) is 9.90. The minimum atomic E-state index is -0.195. The van der Waals surface area contributed by atoms with Crippen LogP contribution in [-0.4, -0.2) is 41.6 Å². The van der Waals surface area contributed by atoms with E-state index < -0.39 is 0 Å². The lowest BCUT2D eigenvalue weighted by Crippen LogP contribution is -2.49. The lowest BCUT2D eigenvalue weighted by Gasteiger charge is -2.36. The highest BCUT2D eigenvalue weighted by atomic mass is 16.2. The summed E-state index contributed by atoms with van der Waals surface area (Å²) in [6, 6.07) is 30.9. The van der Waals surface area contributed by atoms with E-state index in [2.05, 4.69) is 58.9 Å². The standard InChI is InChI=1S/C30H28N4O/c1-23-28(27-14-8-9-15-29(27)34(23)22-24-10-4-2-5-11-24)20-25(21-31)30(35)33-18-16-32(17-19-33)26-12-6-3-7-13-26/h2-15,20H,16-19,22H2,1H3/b25-20-. The van der Waals surface area contributed by atoms with E-state index in [0.29, 0.717) is 13.1 Å². The number of para-hydroxylation sites is 2. The third kappa shape index (κ3) is 4.56. The lowest BCUT2D eigenvalue weighted by atomic mass is 10.1. The van der Waals surface area contributed by atoms with Crippen LogP contribution < -0.4 is 4.90 Å². The van der Waals surface area contributed by atoms with Crippen LogP contribution in [0.4, 0.5) is 5.69 Å². The molecule has 2 heterocycles. The van der Waals surface area contributed by atoms with Crippen molar-refractivity contribution in [1.82, 2.24) is 9.47 Å². The van der Waals surface area contributed by atoms with E-state index in [4.69, 9.17) is 0 Å². The van der Waals surface area contributed by atoms with E-state index in [1.54, 1.807) is 11.0 Å². The number of anilines is 1. The molecule has 0 radical (unpaired) electrons. The van der Waals surface area contributed by atoms with Crippen molar-refractivity contribution in [3.63, 3.8) is 0 Å². The van der Waals surface area contributed by atoms with Gasteiger partial charge in [-0.25, -0.2) is 0 Å². The first-order valence-electron chi connectivity index (χ1n) is 12.0. The zero-order chi connectivity index (χ0) is 24.2. The molecule has 174 valence electrons. The molecule has 1 saturated heterocycles. The van der Waals surface area contributed by atoms with Crippen LogP contribution in [0.3, 0.4) is 0 Å². The largest absolute Gasteiger partial charge is 0.368 e. The van der Waals surface area contributed by atoms with E-state index >= 15 is 0 Å². The van der Waals surface area contributed by atoms with Gasteiger partial charge in [0.05, 0.1) is 0 Å². The minimum Gasteiger partial charge on any atom is -0.368 e. The lowest BCUT2D eigenvalue weighted by molar-refractivity contribution is -0.126. The molecule has 0 aliphatic carbocycles. The summed E-state index contributed by atoms with van der Waals surface area (Å²) in [5.41, 5.74) is 5.64. The Hall–Kier alpha value is -4.30. The number of hydrogen-bond acceptors (Lipinski definition) is 3. The molecule has 5 rings (SSSR count). The fourth-order valence-corrected chi connectivity index (χ4v) is 4.87. The molecule has 0 N–H and O–H groups in total. The Balaban J connectivity index is 1.41. The summed E-state index contributed by atoms with van der Waals surface area (Å²) in [4.78, 5) is 17.4. The molecule has 35 heavy (non-hydrogen) atoms. The number of aromatic nitrogens is 1. The van der Waals surface area contributed by atoms with E-state index in [9.17, 15) is 10.1 Å².